The van der Waals surface area contributed by atoms with Crippen LogP contribution in [0.2, 0.25) is 0 Å². The zero-order chi connectivity index (χ0) is 12.3. The molecule has 1 aromatic heterocycles. The van der Waals surface area contributed by atoms with Gasteiger partial charge in [-0.1, -0.05) is 15.9 Å². The molecule has 4 nitrogen and oxygen atoms in total. The largest absolute Gasteiger partial charge is 0.347 e. The van der Waals surface area contributed by atoms with Crippen LogP contribution in [0.15, 0.2) is 35.1 Å². The fourth-order valence-corrected chi connectivity index (χ4v) is 2.01. The van der Waals surface area contributed by atoms with E-state index in [9.17, 15) is 4.79 Å². The topological polar surface area (TPSA) is 57.8 Å². The number of amides is 1. The molecule has 0 atom stereocenters. The molecule has 0 aliphatic heterocycles. The molecule has 0 aliphatic rings. The molecular weight excluding hydrogens is 282 g/mol. The Labute approximate surface area is 108 Å². The van der Waals surface area contributed by atoms with Crippen LogP contribution in [0, 0.1) is 6.92 Å². The molecule has 0 bridgehead atoms. The lowest BCUT2D eigenvalue weighted by Crippen LogP contribution is -2.24. The van der Waals surface area contributed by atoms with Crippen molar-refractivity contribution in [1.29, 1.82) is 0 Å². The van der Waals surface area contributed by atoms with Crippen LogP contribution in [0.25, 0.3) is 0 Å². The number of aromatic nitrogens is 2. The van der Waals surface area contributed by atoms with Gasteiger partial charge in [-0.05, 0) is 30.7 Å². The van der Waals surface area contributed by atoms with Crippen LogP contribution in [0.1, 0.15) is 21.7 Å². The van der Waals surface area contributed by atoms with Crippen LogP contribution in [0.3, 0.4) is 0 Å². The van der Waals surface area contributed by atoms with E-state index in [-0.39, 0.29) is 5.91 Å². The molecule has 1 aromatic carbocycles. The highest BCUT2D eigenvalue weighted by atomic mass is 79.9. The summed E-state index contributed by atoms with van der Waals surface area (Å²) in [6, 6.07) is 5.58. The molecule has 17 heavy (non-hydrogen) atoms. The Morgan fingerprint density at radius 2 is 2.35 bits per heavy atom. The van der Waals surface area contributed by atoms with Crippen molar-refractivity contribution in [3.8, 4) is 0 Å². The van der Waals surface area contributed by atoms with Gasteiger partial charge >= 0.3 is 0 Å². The molecule has 1 amide bonds. The number of aryl methyl sites for hydroxylation is 1. The van der Waals surface area contributed by atoms with E-state index in [0.717, 1.165) is 15.9 Å². The van der Waals surface area contributed by atoms with Gasteiger partial charge in [0.1, 0.15) is 5.82 Å². The van der Waals surface area contributed by atoms with Gasteiger partial charge in [-0.25, -0.2) is 4.98 Å². The quantitative estimate of drug-likeness (QED) is 0.913. The van der Waals surface area contributed by atoms with Crippen LogP contribution in [0.4, 0.5) is 0 Å². The highest BCUT2D eigenvalue weighted by molar-refractivity contribution is 9.10. The Balaban J connectivity index is 2.04. The Morgan fingerprint density at radius 1 is 1.53 bits per heavy atom. The second kappa shape index (κ2) is 5.14. The normalized spacial score (nSPS) is 10.2. The average molecular weight is 294 g/mol. The van der Waals surface area contributed by atoms with E-state index < -0.39 is 0 Å². The summed E-state index contributed by atoms with van der Waals surface area (Å²) in [6.07, 6.45) is 3.39. The van der Waals surface area contributed by atoms with Crippen LogP contribution >= 0.6 is 15.9 Å². The molecule has 0 spiro atoms. The van der Waals surface area contributed by atoms with Crippen molar-refractivity contribution >= 4 is 21.8 Å². The molecule has 5 heteroatoms. The van der Waals surface area contributed by atoms with E-state index in [1.54, 1.807) is 18.5 Å². The minimum Gasteiger partial charge on any atom is -0.347 e. The average Bonchev–Trinajstić information content (AvgIpc) is 2.78. The highest BCUT2D eigenvalue weighted by Gasteiger charge is 2.08. The van der Waals surface area contributed by atoms with E-state index in [1.807, 2.05) is 19.1 Å². The maximum absolute atomic E-state index is 11.9. The second-order valence-corrected chi connectivity index (χ2v) is 4.59. The molecule has 1 heterocycles. The number of H-pyrrole nitrogens is 1. The zero-order valence-electron chi connectivity index (χ0n) is 9.33. The number of imidazole rings is 1. The van der Waals surface area contributed by atoms with E-state index in [0.29, 0.717) is 12.1 Å². The van der Waals surface area contributed by atoms with Crippen LogP contribution in [-0.4, -0.2) is 15.9 Å². The maximum Gasteiger partial charge on any atom is 0.251 e. The first kappa shape index (κ1) is 11.9. The van der Waals surface area contributed by atoms with Gasteiger partial charge in [0.2, 0.25) is 0 Å². The first-order valence-electron chi connectivity index (χ1n) is 5.19. The smallest absolute Gasteiger partial charge is 0.251 e. The van der Waals surface area contributed by atoms with Crippen molar-refractivity contribution in [3.05, 3.63) is 52.0 Å². The number of carbonyl (C=O) groups is 1. The van der Waals surface area contributed by atoms with Gasteiger partial charge in [0.25, 0.3) is 5.91 Å². The summed E-state index contributed by atoms with van der Waals surface area (Å²) < 4.78 is 0.970. The lowest BCUT2D eigenvalue weighted by atomic mass is 10.1. The van der Waals surface area contributed by atoms with Gasteiger partial charge in [-0.15, -0.1) is 0 Å². The van der Waals surface area contributed by atoms with Crippen molar-refractivity contribution in [2.24, 2.45) is 0 Å². The van der Waals surface area contributed by atoms with Gasteiger partial charge in [-0.3, -0.25) is 4.79 Å². The molecule has 0 aliphatic carbocycles. The summed E-state index contributed by atoms with van der Waals surface area (Å²) in [5.41, 5.74) is 1.62. The van der Waals surface area contributed by atoms with Gasteiger partial charge in [0, 0.05) is 22.4 Å². The van der Waals surface area contributed by atoms with Crippen molar-refractivity contribution in [1.82, 2.24) is 15.3 Å². The third-order valence-electron chi connectivity index (χ3n) is 2.40. The fraction of sp³-hybridized carbons (Fsp3) is 0.167. The molecule has 0 unspecified atom stereocenters. The molecule has 0 saturated heterocycles. The third kappa shape index (κ3) is 2.94. The number of halogens is 1. The third-order valence-corrected chi connectivity index (χ3v) is 2.90. The summed E-state index contributed by atoms with van der Waals surface area (Å²) in [6.45, 7) is 2.31. The summed E-state index contributed by atoms with van der Waals surface area (Å²) in [7, 11) is 0. The number of hydrogen-bond donors (Lipinski definition) is 2. The number of aromatic amines is 1. The zero-order valence-corrected chi connectivity index (χ0v) is 10.9. The summed E-state index contributed by atoms with van der Waals surface area (Å²) in [4.78, 5) is 18.9. The molecule has 0 radical (unpaired) electrons. The van der Waals surface area contributed by atoms with Crippen LogP contribution < -0.4 is 5.32 Å². The molecule has 2 aromatic rings. The second-order valence-electron chi connectivity index (χ2n) is 3.68. The fourth-order valence-electron chi connectivity index (χ4n) is 1.54. The van der Waals surface area contributed by atoms with Crippen LogP contribution in [-0.2, 0) is 6.54 Å². The molecule has 88 valence electrons. The van der Waals surface area contributed by atoms with Crippen molar-refractivity contribution in [2.45, 2.75) is 13.5 Å². The van der Waals surface area contributed by atoms with Crippen molar-refractivity contribution < 1.29 is 4.79 Å². The van der Waals surface area contributed by atoms with Gasteiger partial charge in [-0.2, -0.15) is 0 Å². The minimum absolute atomic E-state index is 0.0913. The number of carbonyl (C=O) groups excluding carboxylic acids is 1. The lowest BCUT2D eigenvalue weighted by molar-refractivity contribution is 0.0949. The van der Waals surface area contributed by atoms with Gasteiger partial charge in [0.05, 0.1) is 6.54 Å². The first-order valence-corrected chi connectivity index (χ1v) is 5.99. The first-order chi connectivity index (χ1) is 8.16. The van der Waals surface area contributed by atoms with E-state index >= 15 is 0 Å². The van der Waals surface area contributed by atoms with Gasteiger partial charge in [0.15, 0.2) is 0 Å². The van der Waals surface area contributed by atoms with E-state index in [2.05, 4.69) is 31.2 Å². The number of nitrogens with one attached hydrogen (secondary N) is 2. The Bertz CT molecular complexity index is 523. The summed E-state index contributed by atoms with van der Waals surface area (Å²) in [5, 5.41) is 2.81. The van der Waals surface area contributed by atoms with Gasteiger partial charge < -0.3 is 10.3 Å². The molecule has 0 saturated carbocycles. The predicted octanol–water partition coefficient (Wildman–Crippen LogP) is 2.41. The predicted molar refractivity (Wildman–Crippen MR) is 68.6 cm³/mol. The monoisotopic (exact) mass is 293 g/mol. The number of hydrogen-bond acceptors (Lipinski definition) is 2. The number of rotatable bonds is 3. The molecule has 0 fully saturated rings. The Morgan fingerprint density at radius 3 is 3.00 bits per heavy atom. The number of nitrogens with zero attached hydrogens (tertiary/aromatic N) is 1. The Hall–Kier alpha value is -1.62. The molecule has 2 rings (SSSR count). The van der Waals surface area contributed by atoms with Crippen molar-refractivity contribution in [2.75, 3.05) is 0 Å². The SMILES string of the molecule is Cc1cc(Br)ccc1C(=O)NCc1ncc[nH]1. The molecular formula is C12H12BrN3O. The maximum atomic E-state index is 11.9. The summed E-state index contributed by atoms with van der Waals surface area (Å²) in [5.74, 6) is 0.652. The standard InChI is InChI=1S/C12H12BrN3O/c1-8-6-9(13)2-3-10(8)12(17)16-7-11-14-4-5-15-11/h2-6H,7H2,1H3,(H,14,15)(H,16,17). The summed E-state index contributed by atoms with van der Waals surface area (Å²) >= 11 is 3.37. The molecule has 2 N–H and O–H groups in total. The lowest BCUT2D eigenvalue weighted by Gasteiger charge is -2.06. The Kier molecular flexibility index (Phi) is 3.58. The number of benzene rings is 1. The minimum atomic E-state index is -0.0913. The van der Waals surface area contributed by atoms with Crippen LogP contribution in [0.5, 0.6) is 0 Å². The highest BCUT2D eigenvalue weighted by Crippen LogP contribution is 2.15. The van der Waals surface area contributed by atoms with E-state index in [4.69, 9.17) is 0 Å². The van der Waals surface area contributed by atoms with E-state index in [1.165, 1.54) is 0 Å². The van der Waals surface area contributed by atoms with Crippen molar-refractivity contribution in [3.63, 3.8) is 0 Å².